The van der Waals surface area contributed by atoms with E-state index in [1.807, 2.05) is 29.2 Å². The van der Waals surface area contributed by atoms with Gasteiger partial charge in [0.15, 0.2) is 0 Å². The van der Waals surface area contributed by atoms with Crippen molar-refractivity contribution in [1.29, 1.82) is 0 Å². The summed E-state index contributed by atoms with van der Waals surface area (Å²) in [4.78, 5) is 27.5. The Hall–Kier alpha value is -1.57. The molecule has 2 rings (SSSR count). The average molecular weight is 365 g/mol. The van der Waals surface area contributed by atoms with E-state index < -0.39 is 0 Å². The fourth-order valence-electron chi connectivity index (χ4n) is 3.01. The van der Waals surface area contributed by atoms with Gasteiger partial charge < -0.3 is 20.7 Å². The SMILES string of the molecule is COCCNC(=O)CSc1ccccc1C(=O)N1CC(CN)CC1C. The van der Waals surface area contributed by atoms with Crippen LogP contribution in [-0.2, 0) is 9.53 Å². The number of nitrogens with one attached hydrogen (secondary N) is 1. The number of amides is 2. The third-order valence-electron chi connectivity index (χ3n) is 4.36. The summed E-state index contributed by atoms with van der Waals surface area (Å²) < 4.78 is 4.91. The number of rotatable bonds is 8. The molecule has 2 amide bonds. The summed E-state index contributed by atoms with van der Waals surface area (Å²) >= 11 is 1.38. The highest BCUT2D eigenvalue weighted by molar-refractivity contribution is 8.00. The zero-order chi connectivity index (χ0) is 18.2. The molecule has 0 aliphatic carbocycles. The number of likely N-dealkylation sites (tertiary alicyclic amines) is 1. The molecule has 0 radical (unpaired) electrons. The van der Waals surface area contributed by atoms with E-state index >= 15 is 0 Å². The maximum Gasteiger partial charge on any atom is 0.255 e. The van der Waals surface area contributed by atoms with Gasteiger partial charge in [-0.2, -0.15) is 0 Å². The van der Waals surface area contributed by atoms with Crippen LogP contribution in [-0.4, -0.2) is 61.9 Å². The molecule has 3 N–H and O–H groups in total. The number of carbonyl (C=O) groups excluding carboxylic acids is 2. The van der Waals surface area contributed by atoms with Crippen molar-refractivity contribution in [2.45, 2.75) is 24.3 Å². The van der Waals surface area contributed by atoms with Gasteiger partial charge in [0.1, 0.15) is 0 Å². The first-order chi connectivity index (χ1) is 12.1. The Morgan fingerprint density at radius 2 is 2.16 bits per heavy atom. The Balaban J connectivity index is 2.00. The molecule has 1 saturated heterocycles. The highest BCUT2D eigenvalue weighted by atomic mass is 32.2. The molecule has 1 aromatic carbocycles. The maximum atomic E-state index is 12.9. The topological polar surface area (TPSA) is 84.7 Å². The van der Waals surface area contributed by atoms with Crippen LogP contribution in [0, 0.1) is 5.92 Å². The van der Waals surface area contributed by atoms with Gasteiger partial charge in [-0.3, -0.25) is 9.59 Å². The third kappa shape index (κ3) is 5.45. The number of methoxy groups -OCH3 is 1. The average Bonchev–Trinajstić information content (AvgIpc) is 3.01. The molecule has 2 unspecified atom stereocenters. The number of ether oxygens (including phenoxy) is 1. The van der Waals surface area contributed by atoms with E-state index in [2.05, 4.69) is 12.2 Å². The van der Waals surface area contributed by atoms with E-state index in [9.17, 15) is 9.59 Å². The van der Waals surface area contributed by atoms with Gasteiger partial charge in [0.05, 0.1) is 17.9 Å². The molecule has 7 heteroatoms. The van der Waals surface area contributed by atoms with Crippen molar-refractivity contribution in [3.63, 3.8) is 0 Å². The molecule has 138 valence electrons. The Morgan fingerprint density at radius 1 is 1.40 bits per heavy atom. The Morgan fingerprint density at radius 3 is 2.84 bits per heavy atom. The molecule has 1 aromatic rings. The van der Waals surface area contributed by atoms with Crippen LogP contribution in [0.5, 0.6) is 0 Å². The van der Waals surface area contributed by atoms with Crippen LogP contribution in [0.3, 0.4) is 0 Å². The van der Waals surface area contributed by atoms with Crippen molar-refractivity contribution in [2.24, 2.45) is 11.7 Å². The number of nitrogens with two attached hydrogens (primary N) is 1. The minimum absolute atomic E-state index is 0.0198. The lowest BCUT2D eigenvalue weighted by Gasteiger charge is -2.22. The molecule has 25 heavy (non-hydrogen) atoms. The summed E-state index contributed by atoms with van der Waals surface area (Å²) in [6.07, 6.45) is 0.944. The number of hydrogen-bond donors (Lipinski definition) is 2. The zero-order valence-corrected chi connectivity index (χ0v) is 15.7. The van der Waals surface area contributed by atoms with Crippen molar-refractivity contribution in [2.75, 3.05) is 39.1 Å². The van der Waals surface area contributed by atoms with Gasteiger partial charge in [-0.1, -0.05) is 12.1 Å². The van der Waals surface area contributed by atoms with E-state index in [1.165, 1.54) is 11.8 Å². The molecule has 1 aliphatic rings. The number of nitrogens with zero attached hydrogens (tertiary/aromatic N) is 1. The molecule has 0 bridgehead atoms. The molecule has 2 atom stereocenters. The second-order valence-electron chi connectivity index (χ2n) is 6.27. The van der Waals surface area contributed by atoms with Crippen LogP contribution in [0.2, 0.25) is 0 Å². The van der Waals surface area contributed by atoms with E-state index in [4.69, 9.17) is 10.5 Å². The second-order valence-corrected chi connectivity index (χ2v) is 7.29. The van der Waals surface area contributed by atoms with Crippen LogP contribution in [0.15, 0.2) is 29.2 Å². The molecular weight excluding hydrogens is 338 g/mol. The van der Waals surface area contributed by atoms with Crippen molar-refractivity contribution in [1.82, 2.24) is 10.2 Å². The quantitative estimate of drug-likeness (QED) is 0.537. The first-order valence-corrected chi connectivity index (χ1v) is 9.53. The third-order valence-corrected chi connectivity index (χ3v) is 5.43. The number of thioether (sulfide) groups is 1. The van der Waals surface area contributed by atoms with Gasteiger partial charge in [-0.05, 0) is 37.9 Å². The van der Waals surface area contributed by atoms with Crippen LogP contribution in [0.25, 0.3) is 0 Å². The van der Waals surface area contributed by atoms with Gasteiger partial charge in [0.25, 0.3) is 5.91 Å². The molecule has 1 aliphatic heterocycles. The van der Waals surface area contributed by atoms with Crippen molar-refractivity contribution >= 4 is 23.6 Å². The van der Waals surface area contributed by atoms with E-state index in [-0.39, 0.29) is 23.6 Å². The number of hydrogen-bond acceptors (Lipinski definition) is 5. The van der Waals surface area contributed by atoms with Crippen molar-refractivity contribution < 1.29 is 14.3 Å². The van der Waals surface area contributed by atoms with Crippen LogP contribution in [0.4, 0.5) is 0 Å². The monoisotopic (exact) mass is 365 g/mol. The minimum Gasteiger partial charge on any atom is -0.383 e. The van der Waals surface area contributed by atoms with Gasteiger partial charge in [0.2, 0.25) is 5.91 Å². The lowest BCUT2D eigenvalue weighted by Crippen LogP contribution is -2.34. The highest BCUT2D eigenvalue weighted by Gasteiger charge is 2.32. The van der Waals surface area contributed by atoms with Gasteiger partial charge >= 0.3 is 0 Å². The van der Waals surface area contributed by atoms with Crippen molar-refractivity contribution in [3.05, 3.63) is 29.8 Å². The molecule has 6 nitrogen and oxygen atoms in total. The fourth-order valence-corrected chi connectivity index (χ4v) is 3.88. The summed E-state index contributed by atoms with van der Waals surface area (Å²) in [7, 11) is 1.59. The van der Waals surface area contributed by atoms with Crippen LogP contribution in [0.1, 0.15) is 23.7 Å². The number of benzene rings is 1. The molecule has 0 aromatic heterocycles. The Kier molecular flexibility index (Phi) is 7.74. The predicted octanol–water partition coefficient (Wildman–Crippen LogP) is 1.35. The number of carbonyl (C=O) groups is 2. The van der Waals surface area contributed by atoms with E-state index in [0.717, 1.165) is 11.3 Å². The Bertz CT molecular complexity index is 597. The lowest BCUT2D eigenvalue weighted by atomic mass is 10.1. The molecule has 0 spiro atoms. The zero-order valence-electron chi connectivity index (χ0n) is 14.9. The largest absolute Gasteiger partial charge is 0.383 e. The Labute approximate surface area is 153 Å². The second kappa shape index (κ2) is 9.79. The minimum atomic E-state index is -0.0676. The first kappa shape index (κ1) is 19.8. The molecule has 0 saturated carbocycles. The van der Waals surface area contributed by atoms with E-state index in [1.54, 1.807) is 7.11 Å². The summed E-state index contributed by atoms with van der Waals surface area (Å²) in [5.41, 5.74) is 6.42. The normalized spacial score (nSPS) is 19.9. The van der Waals surface area contributed by atoms with Gasteiger partial charge in [0, 0.05) is 31.1 Å². The smallest absolute Gasteiger partial charge is 0.255 e. The summed E-state index contributed by atoms with van der Waals surface area (Å²) in [6, 6.07) is 7.66. The molecule has 1 fully saturated rings. The summed E-state index contributed by atoms with van der Waals surface area (Å²) in [6.45, 7) is 4.34. The van der Waals surface area contributed by atoms with Gasteiger partial charge in [-0.25, -0.2) is 0 Å². The fraction of sp³-hybridized carbons (Fsp3) is 0.556. The predicted molar refractivity (Wildman–Crippen MR) is 99.7 cm³/mol. The lowest BCUT2D eigenvalue weighted by molar-refractivity contribution is -0.118. The molecular formula is C18H27N3O3S. The standard InChI is InChI=1S/C18H27N3O3S/c1-13-9-14(10-19)11-21(13)18(23)15-5-3-4-6-16(15)25-12-17(22)20-7-8-24-2/h3-6,13-14H,7-12,19H2,1-2H3,(H,20,22). The highest BCUT2D eigenvalue weighted by Crippen LogP contribution is 2.28. The van der Waals surface area contributed by atoms with Crippen LogP contribution >= 0.6 is 11.8 Å². The summed E-state index contributed by atoms with van der Waals surface area (Å²) in [5.74, 6) is 0.591. The first-order valence-electron chi connectivity index (χ1n) is 8.55. The van der Waals surface area contributed by atoms with E-state index in [0.29, 0.717) is 37.7 Å². The van der Waals surface area contributed by atoms with Crippen molar-refractivity contribution in [3.8, 4) is 0 Å². The molecule has 1 heterocycles. The maximum absolute atomic E-state index is 12.9. The van der Waals surface area contributed by atoms with Crippen LogP contribution < -0.4 is 11.1 Å². The van der Waals surface area contributed by atoms with Gasteiger partial charge in [-0.15, -0.1) is 11.8 Å². The summed E-state index contributed by atoms with van der Waals surface area (Å²) in [5, 5.41) is 2.78.